The van der Waals surface area contributed by atoms with Crippen molar-refractivity contribution in [3.05, 3.63) is 22.9 Å². The van der Waals surface area contributed by atoms with E-state index in [1.807, 2.05) is 0 Å². The molecule has 0 saturated heterocycles. The highest BCUT2D eigenvalue weighted by molar-refractivity contribution is 5.71. The molecule has 0 aliphatic carbocycles. The van der Waals surface area contributed by atoms with Gasteiger partial charge in [-0.25, -0.2) is 4.98 Å². The van der Waals surface area contributed by atoms with Gasteiger partial charge in [0.1, 0.15) is 12.1 Å². The summed E-state index contributed by atoms with van der Waals surface area (Å²) in [5.41, 5.74) is 0.472. The Morgan fingerprint density at radius 3 is 3.13 bits per heavy atom. The number of aromatic nitrogens is 4. The van der Waals surface area contributed by atoms with Gasteiger partial charge in [-0.1, -0.05) is 0 Å². The second kappa shape index (κ2) is 4.09. The lowest BCUT2D eigenvalue weighted by Gasteiger charge is -2.01. The van der Waals surface area contributed by atoms with Crippen molar-refractivity contribution in [1.82, 2.24) is 19.9 Å². The molecule has 0 radical (unpaired) electrons. The van der Waals surface area contributed by atoms with Crippen molar-refractivity contribution in [3.63, 3.8) is 0 Å². The third-order valence-corrected chi connectivity index (χ3v) is 1.80. The number of hydrogen-bond acceptors (Lipinski definition) is 5. The van der Waals surface area contributed by atoms with Crippen LogP contribution in [0.5, 0.6) is 0 Å². The lowest BCUT2D eigenvalue weighted by molar-refractivity contribution is 0.0407. The lowest BCUT2D eigenvalue weighted by Crippen LogP contribution is -2.17. The van der Waals surface area contributed by atoms with E-state index in [1.54, 1.807) is 13.3 Å². The molecule has 0 aliphatic rings. The van der Waals surface area contributed by atoms with Gasteiger partial charge >= 0.3 is 0 Å². The Hall–Kier alpha value is -1.89. The maximum atomic E-state index is 11.3. The molecule has 0 unspecified atom stereocenters. The largest absolute Gasteiger partial charge is 0.394 e. The highest BCUT2D eigenvalue weighted by Crippen LogP contribution is 2.00. The maximum Gasteiger partial charge on any atom is 0.279 e. The monoisotopic (exact) mass is 210 g/mol. The van der Waals surface area contributed by atoms with Gasteiger partial charge in [0.2, 0.25) is 0 Å². The molecule has 80 valence electrons. The Labute approximate surface area is 84.6 Å². The molecule has 7 nitrogen and oxygen atoms in total. The van der Waals surface area contributed by atoms with Gasteiger partial charge < -0.3 is 14.6 Å². The van der Waals surface area contributed by atoms with E-state index < -0.39 is 0 Å². The van der Waals surface area contributed by atoms with Crippen LogP contribution in [-0.4, -0.2) is 40.2 Å². The molecule has 15 heavy (non-hydrogen) atoms. The fourth-order valence-electron chi connectivity index (χ4n) is 1.11. The molecule has 2 rings (SSSR count). The first-order valence-electron chi connectivity index (χ1n) is 4.36. The predicted molar refractivity (Wildman–Crippen MR) is 51.5 cm³/mol. The van der Waals surface area contributed by atoms with Crippen LogP contribution in [-0.2, 0) is 4.74 Å². The number of nitrogens with one attached hydrogen (secondary N) is 1. The van der Waals surface area contributed by atoms with Crippen LogP contribution in [0.2, 0.25) is 0 Å². The van der Waals surface area contributed by atoms with Crippen molar-refractivity contribution in [2.24, 2.45) is 0 Å². The third-order valence-electron chi connectivity index (χ3n) is 1.80. The second-order valence-corrected chi connectivity index (χ2v) is 2.82. The Balaban J connectivity index is 2.24. The average Bonchev–Trinajstić information content (AvgIpc) is 2.63. The Bertz CT molecular complexity index is 504. The normalized spacial score (nSPS) is 10.7. The van der Waals surface area contributed by atoms with Gasteiger partial charge in [0.15, 0.2) is 5.52 Å². The van der Waals surface area contributed by atoms with Crippen LogP contribution < -0.4 is 10.4 Å². The summed E-state index contributed by atoms with van der Waals surface area (Å²) in [6, 6.07) is 0. The molecular formula is C8H10N4O3. The molecule has 2 aromatic rings. The number of aromatic amines is 1. The number of H-pyrrole nitrogens is 1. The summed E-state index contributed by atoms with van der Waals surface area (Å²) in [5, 5.41) is 3.92. The highest BCUT2D eigenvalue weighted by Gasteiger charge is 2.05. The molecular weight excluding hydrogens is 200 g/mol. The van der Waals surface area contributed by atoms with Gasteiger partial charge in [-0.15, -0.1) is 9.94 Å². The average molecular weight is 210 g/mol. The van der Waals surface area contributed by atoms with Crippen LogP contribution in [0, 0.1) is 0 Å². The fourth-order valence-corrected chi connectivity index (χ4v) is 1.11. The SMILES string of the molecule is COCCOn1cc2nc[nH]c(=O)c2n1. The molecule has 1 N–H and O–H groups in total. The van der Waals surface area contributed by atoms with Crippen molar-refractivity contribution < 1.29 is 9.57 Å². The van der Waals surface area contributed by atoms with Crippen molar-refractivity contribution in [1.29, 1.82) is 0 Å². The molecule has 0 aliphatic heterocycles. The maximum absolute atomic E-state index is 11.3. The van der Waals surface area contributed by atoms with Crippen molar-refractivity contribution in [3.8, 4) is 0 Å². The van der Waals surface area contributed by atoms with Crippen LogP contribution in [0.15, 0.2) is 17.3 Å². The van der Waals surface area contributed by atoms with Crippen LogP contribution in [0.3, 0.4) is 0 Å². The first-order valence-corrected chi connectivity index (χ1v) is 4.36. The summed E-state index contributed by atoms with van der Waals surface area (Å²) in [4.78, 5) is 24.0. The number of nitrogens with zero attached hydrogens (tertiary/aromatic N) is 3. The number of rotatable bonds is 4. The molecule has 0 fully saturated rings. The van der Waals surface area contributed by atoms with Gasteiger partial charge in [0.25, 0.3) is 5.56 Å². The standard InChI is InChI=1S/C8H10N4O3/c1-14-2-3-15-12-4-6-7(11-12)8(13)10-5-9-6/h4-5H,2-3H2,1H3,(H,9,10,13). The Morgan fingerprint density at radius 2 is 2.40 bits per heavy atom. The van der Waals surface area contributed by atoms with E-state index in [4.69, 9.17) is 9.57 Å². The molecule has 0 bridgehead atoms. The van der Waals surface area contributed by atoms with E-state index in [0.717, 1.165) is 0 Å². The second-order valence-electron chi connectivity index (χ2n) is 2.82. The number of fused-ring (bicyclic) bond motifs is 1. The van der Waals surface area contributed by atoms with Crippen LogP contribution >= 0.6 is 0 Å². The minimum atomic E-state index is -0.283. The van der Waals surface area contributed by atoms with E-state index >= 15 is 0 Å². The minimum absolute atomic E-state index is 0.259. The van der Waals surface area contributed by atoms with Crippen LogP contribution in [0.1, 0.15) is 0 Å². The molecule has 0 amide bonds. The van der Waals surface area contributed by atoms with Gasteiger partial charge in [-0.2, -0.15) is 0 Å². The lowest BCUT2D eigenvalue weighted by atomic mass is 10.5. The summed E-state index contributed by atoms with van der Waals surface area (Å²) in [5.74, 6) is 0. The van der Waals surface area contributed by atoms with Gasteiger partial charge in [0.05, 0.1) is 19.1 Å². The van der Waals surface area contributed by atoms with E-state index in [0.29, 0.717) is 18.7 Å². The summed E-state index contributed by atoms with van der Waals surface area (Å²) in [7, 11) is 1.58. The van der Waals surface area contributed by atoms with Gasteiger partial charge in [-0.05, 0) is 0 Å². The number of hydrogen-bond donors (Lipinski definition) is 1. The third kappa shape index (κ3) is 1.96. The topological polar surface area (TPSA) is 82.0 Å². The first-order chi connectivity index (χ1) is 7.31. The van der Waals surface area contributed by atoms with E-state index in [9.17, 15) is 4.79 Å². The van der Waals surface area contributed by atoms with E-state index in [1.165, 1.54) is 11.2 Å². The molecule has 0 atom stereocenters. The van der Waals surface area contributed by atoms with Crippen LogP contribution in [0.25, 0.3) is 11.0 Å². The zero-order valence-corrected chi connectivity index (χ0v) is 8.14. The molecule has 2 heterocycles. The van der Waals surface area contributed by atoms with Crippen molar-refractivity contribution in [2.75, 3.05) is 20.3 Å². The quantitative estimate of drug-likeness (QED) is 0.668. The Kier molecular flexibility index (Phi) is 2.64. The molecule has 7 heteroatoms. The van der Waals surface area contributed by atoms with E-state index in [-0.39, 0.29) is 11.1 Å². The summed E-state index contributed by atoms with van der Waals surface area (Å²) < 4.78 is 4.81. The molecule has 0 saturated carbocycles. The molecule has 2 aromatic heterocycles. The van der Waals surface area contributed by atoms with Crippen LogP contribution in [0.4, 0.5) is 0 Å². The summed E-state index contributed by atoms with van der Waals surface area (Å²) in [6.45, 7) is 0.822. The Morgan fingerprint density at radius 1 is 1.53 bits per heavy atom. The summed E-state index contributed by atoms with van der Waals surface area (Å²) >= 11 is 0. The van der Waals surface area contributed by atoms with Gasteiger partial charge in [-0.3, -0.25) is 4.79 Å². The predicted octanol–water partition coefficient (Wildman–Crippen LogP) is -0.805. The smallest absolute Gasteiger partial charge is 0.279 e. The van der Waals surface area contributed by atoms with E-state index in [2.05, 4.69) is 15.1 Å². The minimum Gasteiger partial charge on any atom is -0.394 e. The highest BCUT2D eigenvalue weighted by atomic mass is 16.7. The zero-order valence-electron chi connectivity index (χ0n) is 8.14. The number of ether oxygens (including phenoxy) is 1. The fraction of sp³-hybridized carbons (Fsp3) is 0.375. The summed E-state index contributed by atoms with van der Waals surface area (Å²) in [6.07, 6.45) is 2.87. The molecule has 0 spiro atoms. The zero-order chi connectivity index (χ0) is 10.7. The number of methoxy groups -OCH3 is 1. The first kappa shape index (κ1) is 9.66. The van der Waals surface area contributed by atoms with Crippen molar-refractivity contribution in [2.45, 2.75) is 0 Å². The van der Waals surface area contributed by atoms with Crippen molar-refractivity contribution >= 4 is 11.0 Å². The molecule has 0 aromatic carbocycles. The van der Waals surface area contributed by atoms with Gasteiger partial charge in [0, 0.05) is 7.11 Å².